The van der Waals surface area contributed by atoms with E-state index in [1.54, 1.807) is 23.7 Å². The molecule has 0 atom stereocenters. The molecule has 0 saturated carbocycles. The lowest BCUT2D eigenvalue weighted by Gasteiger charge is -2.11. The van der Waals surface area contributed by atoms with Crippen LogP contribution in [0.15, 0.2) is 41.6 Å². The van der Waals surface area contributed by atoms with Gasteiger partial charge in [-0.15, -0.1) is 0 Å². The number of sulfonamides is 1. The fourth-order valence-electron chi connectivity index (χ4n) is 2.59. The summed E-state index contributed by atoms with van der Waals surface area (Å²) in [5.41, 5.74) is 2.46. The first-order valence-electron chi connectivity index (χ1n) is 7.83. The lowest BCUT2D eigenvalue weighted by atomic mass is 10.2. The summed E-state index contributed by atoms with van der Waals surface area (Å²) in [6.07, 6.45) is 1.29. The molecule has 2 aromatic heterocycles. The van der Waals surface area contributed by atoms with Crippen molar-refractivity contribution in [3.8, 4) is 11.6 Å². The number of methoxy groups -OCH3 is 1. The molecule has 0 saturated heterocycles. The van der Waals surface area contributed by atoms with Gasteiger partial charge in [-0.2, -0.15) is 5.10 Å². The van der Waals surface area contributed by atoms with Gasteiger partial charge >= 0.3 is 0 Å². The van der Waals surface area contributed by atoms with E-state index in [-0.39, 0.29) is 10.7 Å². The number of aromatic nitrogens is 4. The zero-order chi connectivity index (χ0) is 18.9. The number of rotatable bonds is 5. The summed E-state index contributed by atoms with van der Waals surface area (Å²) in [7, 11) is -2.25. The molecule has 0 amide bonds. The van der Waals surface area contributed by atoms with Gasteiger partial charge in [-0.25, -0.2) is 23.1 Å². The minimum Gasteiger partial charge on any atom is -0.496 e. The number of nitrogens with one attached hydrogen (secondary N) is 1. The number of nitrogens with zero attached hydrogens (tertiary/aromatic N) is 4. The topological polar surface area (TPSA) is 99.0 Å². The molecule has 0 aliphatic heterocycles. The molecule has 0 aliphatic rings. The lowest BCUT2D eigenvalue weighted by Crippen LogP contribution is -2.15. The molecule has 0 spiro atoms. The van der Waals surface area contributed by atoms with Crippen LogP contribution in [-0.4, -0.2) is 35.3 Å². The Hall–Kier alpha value is -2.94. The van der Waals surface area contributed by atoms with Crippen molar-refractivity contribution in [2.24, 2.45) is 0 Å². The summed E-state index contributed by atoms with van der Waals surface area (Å²) < 4.78 is 34.5. The zero-order valence-corrected chi connectivity index (χ0v) is 15.7. The highest BCUT2D eigenvalue weighted by atomic mass is 32.2. The van der Waals surface area contributed by atoms with Crippen molar-refractivity contribution >= 4 is 15.8 Å². The van der Waals surface area contributed by atoms with Crippen molar-refractivity contribution in [1.29, 1.82) is 0 Å². The standard InChI is InChI=1S/C17H19N5O3S/c1-11-7-14(5-6-15(11)25-4)26(23,24)21-16-9-17(19-10-18-16)22-13(3)8-12(2)20-22/h5-10H,1-4H3,(H,18,19,21). The molecule has 3 aromatic rings. The number of benzene rings is 1. The Bertz CT molecular complexity index is 1060. The Balaban J connectivity index is 1.92. The normalized spacial score (nSPS) is 11.4. The predicted molar refractivity (Wildman–Crippen MR) is 97.2 cm³/mol. The number of aryl methyl sites for hydroxylation is 3. The fourth-order valence-corrected chi connectivity index (χ4v) is 3.68. The van der Waals surface area contributed by atoms with E-state index >= 15 is 0 Å². The van der Waals surface area contributed by atoms with Crippen molar-refractivity contribution in [3.05, 3.63) is 53.6 Å². The van der Waals surface area contributed by atoms with Gasteiger partial charge in [-0.05, 0) is 50.6 Å². The highest BCUT2D eigenvalue weighted by molar-refractivity contribution is 7.92. The van der Waals surface area contributed by atoms with Gasteiger partial charge < -0.3 is 4.74 Å². The van der Waals surface area contributed by atoms with E-state index in [0.29, 0.717) is 11.6 Å². The minimum atomic E-state index is -3.79. The third-order valence-electron chi connectivity index (χ3n) is 3.79. The minimum absolute atomic E-state index is 0.127. The van der Waals surface area contributed by atoms with E-state index in [1.807, 2.05) is 19.9 Å². The molecule has 2 heterocycles. The maximum atomic E-state index is 12.6. The van der Waals surface area contributed by atoms with E-state index < -0.39 is 10.0 Å². The Labute approximate surface area is 151 Å². The van der Waals surface area contributed by atoms with E-state index in [0.717, 1.165) is 17.0 Å². The third kappa shape index (κ3) is 3.52. The number of ether oxygens (including phenoxy) is 1. The first-order valence-corrected chi connectivity index (χ1v) is 9.31. The summed E-state index contributed by atoms with van der Waals surface area (Å²) >= 11 is 0. The van der Waals surface area contributed by atoms with Gasteiger partial charge in [0.25, 0.3) is 10.0 Å². The monoisotopic (exact) mass is 373 g/mol. The van der Waals surface area contributed by atoms with Crippen LogP contribution in [0.3, 0.4) is 0 Å². The first-order chi connectivity index (χ1) is 12.3. The molecule has 0 aliphatic carbocycles. The molecule has 8 nitrogen and oxygen atoms in total. The molecule has 136 valence electrons. The summed E-state index contributed by atoms with van der Waals surface area (Å²) in [6, 6.07) is 8.09. The van der Waals surface area contributed by atoms with Gasteiger partial charge in [0, 0.05) is 11.8 Å². The van der Waals surface area contributed by atoms with Crippen LogP contribution in [0, 0.1) is 20.8 Å². The molecular formula is C17H19N5O3S. The molecule has 26 heavy (non-hydrogen) atoms. The average Bonchev–Trinajstić information content (AvgIpc) is 2.93. The van der Waals surface area contributed by atoms with Crippen molar-refractivity contribution < 1.29 is 13.2 Å². The SMILES string of the molecule is COc1ccc(S(=O)(=O)Nc2cc(-n3nc(C)cc3C)ncn2)cc1C. The highest BCUT2D eigenvalue weighted by Gasteiger charge is 2.17. The summed E-state index contributed by atoms with van der Waals surface area (Å²) in [4.78, 5) is 8.29. The second kappa shape index (κ2) is 6.75. The van der Waals surface area contributed by atoms with Crippen LogP contribution in [0.2, 0.25) is 0 Å². The molecular weight excluding hydrogens is 354 g/mol. The van der Waals surface area contributed by atoms with Crippen molar-refractivity contribution in [1.82, 2.24) is 19.7 Å². The van der Waals surface area contributed by atoms with Crippen LogP contribution < -0.4 is 9.46 Å². The Morgan fingerprint density at radius 2 is 1.85 bits per heavy atom. The second-order valence-electron chi connectivity index (χ2n) is 5.84. The molecule has 0 unspecified atom stereocenters. The average molecular weight is 373 g/mol. The predicted octanol–water partition coefficient (Wildman–Crippen LogP) is 2.40. The fraction of sp³-hybridized carbons (Fsp3) is 0.235. The van der Waals surface area contributed by atoms with Crippen LogP contribution in [0.1, 0.15) is 17.0 Å². The molecule has 0 radical (unpaired) electrons. The lowest BCUT2D eigenvalue weighted by molar-refractivity contribution is 0.411. The largest absolute Gasteiger partial charge is 0.496 e. The van der Waals surface area contributed by atoms with Gasteiger partial charge in [0.05, 0.1) is 17.7 Å². The highest BCUT2D eigenvalue weighted by Crippen LogP contribution is 2.23. The van der Waals surface area contributed by atoms with Crippen LogP contribution >= 0.6 is 0 Å². The number of hydrogen-bond donors (Lipinski definition) is 1. The summed E-state index contributed by atoms with van der Waals surface area (Å²) in [6.45, 7) is 5.55. The number of hydrogen-bond acceptors (Lipinski definition) is 6. The second-order valence-corrected chi connectivity index (χ2v) is 7.52. The van der Waals surface area contributed by atoms with Crippen molar-refractivity contribution in [2.75, 3.05) is 11.8 Å². The van der Waals surface area contributed by atoms with Gasteiger partial charge in [0.2, 0.25) is 0 Å². The molecule has 9 heteroatoms. The van der Waals surface area contributed by atoms with E-state index in [9.17, 15) is 8.42 Å². The molecule has 0 bridgehead atoms. The van der Waals surface area contributed by atoms with E-state index in [2.05, 4.69) is 19.8 Å². The summed E-state index contributed by atoms with van der Waals surface area (Å²) in [5, 5.41) is 4.34. The zero-order valence-electron chi connectivity index (χ0n) is 14.9. The maximum Gasteiger partial charge on any atom is 0.263 e. The summed E-state index contributed by atoms with van der Waals surface area (Å²) in [5.74, 6) is 1.27. The van der Waals surface area contributed by atoms with E-state index in [1.165, 1.54) is 25.6 Å². The van der Waals surface area contributed by atoms with Gasteiger partial charge in [-0.1, -0.05) is 0 Å². The third-order valence-corrected chi connectivity index (χ3v) is 5.15. The molecule has 3 rings (SSSR count). The molecule has 1 aromatic carbocycles. The van der Waals surface area contributed by atoms with Crippen LogP contribution in [0.25, 0.3) is 5.82 Å². The van der Waals surface area contributed by atoms with Crippen LogP contribution in [0.5, 0.6) is 5.75 Å². The first kappa shape index (κ1) is 17.9. The van der Waals surface area contributed by atoms with Crippen molar-refractivity contribution in [3.63, 3.8) is 0 Å². The quantitative estimate of drug-likeness (QED) is 0.737. The van der Waals surface area contributed by atoms with Crippen molar-refractivity contribution in [2.45, 2.75) is 25.7 Å². The van der Waals surface area contributed by atoms with Gasteiger partial charge in [-0.3, -0.25) is 4.72 Å². The smallest absolute Gasteiger partial charge is 0.263 e. The van der Waals surface area contributed by atoms with Gasteiger partial charge in [0.15, 0.2) is 5.82 Å². The Morgan fingerprint density at radius 3 is 2.46 bits per heavy atom. The number of anilines is 1. The van der Waals surface area contributed by atoms with Gasteiger partial charge in [0.1, 0.15) is 17.9 Å². The molecule has 1 N–H and O–H groups in total. The maximum absolute atomic E-state index is 12.6. The van der Waals surface area contributed by atoms with Crippen LogP contribution in [-0.2, 0) is 10.0 Å². The Kier molecular flexibility index (Phi) is 4.64. The molecule has 0 fully saturated rings. The Morgan fingerprint density at radius 1 is 1.08 bits per heavy atom. The van der Waals surface area contributed by atoms with Crippen LogP contribution in [0.4, 0.5) is 5.82 Å². The van der Waals surface area contributed by atoms with E-state index in [4.69, 9.17) is 4.74 Å².